The predicted octanol–water partition coefficient (Wildman–Crippen LogP) is 2.39. The second-order valence-electron chi connectivity index (χ2n) is 2.31. The van der Waals surface area contributed by atoms with Crippen LogP contribution in [-0.4, -0.2) is 5.91 Å². The van der Waals surface area contributed by atoms with Gasteiger partial charge in [-0.1, -0.05) is 0 Å². The van der Waals surface area contributed by atoms with E-state index in [0.717, 1.165) is 0 Å². The van der Waals surface area contributed by atoms with Crippen LogP contribution in [-0.2, 0) is 4.79 Å². The Morgan fingerprint density at radius 3 is 2.75 bits per heavy atom. The average molecular weight is 279 g/mol. The number of rotatable bonds is 1. The number of anilines is 1. The first kappa shape index (κ1) is 9.44. The molecule has 0 radical (unpaired) electrons. The van der Waals surface area contributed by atoms with Crippen LogP contribution >= 0.6 is 22.6 Å². The summed E-state index contributed by atoms with van der Waals surface area (Å²) in [5, 5.41) is 2.56. The van der Waals surface area contributed by atoms with E-state index in [4.69, 9.17) is 0 Å². The van der Waals surface area contributed by atoms with E-state index in [2.05, 4.69) is 5.32 Å². The first-order valence-electron chi connectivity index (χ1n) is 3.32. The zero-order valence-corrected chi connectivity index (χ0v) is 8.55. The lowest BCUT2D eigenvalue weighted by Gasteiger charge is -2.01. The molecule has 0 unspecified atom stereocenters. The number of hydrogen-bond donors (Lipinski definition) is 1. The molecule has 1 aromatic rings. The molecule has 1 N–H and O–H groups in total. The largest absolute Gasteiger partial charge is 0.326 e. The van der Waals surface area contributed by atoms with Crippen molar-refractivity contribution in [2.75, 3.05) is 5.32 Å². The number of halogens is 2. The molecular formula is C8H7FINO. The Morgan fingerprint density at radius 1 is 1.58 bits per heavy atom. The Bertz CT molecular complexity index is 314. The fourth-order valence-corrected chi connectivity index (χ4v) is 1.29. The van der Waals surface area contributed by atoms with Gasteiger partial charge >= 0.3 is 0 Å². The molecule has 0 saturated carbocycles. The summed E-state index contributed by atoms with van der Waals surface area (Å²) in [4.78, 5) is 10.6. The molecular weight excluding hydrogens is 272 g/mol. The predicted molar refractivity (Wildman–Crippen MR) is 53.4 cm³/mol. The second kappa shape index (κ2) is 3.84. The van der Waals surface area contributed by atoms with Crippen LogP contribution < -0.4 is 5.32 Å². The number of carbonyl (C=O) groups excluding carboxylic acids is 1. The third-order valence-electron chi connectivity index (χ3n) is 1.24. The minimum Gasteiger partial charge on any atom is -0.326 e. The van der Waals surface area contributed by atoms with Gasteiger partial charge in [0.2, 0.25) is 5.91 Å². The highest BCUT2D eigenvalue weighted by atomic mass is 127. The molecule has 0 saturated heterocycles. The number of carbonyl (C=O) groups is 1. The molecule has 0 spiro atoms. The van der Waals surface area contributed by atoms with Crippen molar-refractivity contribution in [1.82, 2.24) is 0 Å². The summed E-state index contributed by atoms with van der Waals surface area (Å²) in [5.74, 6) is -0.429. The lowest BCUT2D eigenvalue weighted by atomic mass is 10.3. The highest BCUT2D eigenvalue weighted by molar-refractivity contribution is 14.1. The first-order chi connectivity index (χ1) is 5.59. The van der Waals surface area contributed by atoms with E-state index < -0.39 is 0 Å². The van der Waals surface area contributed by atoms with Gasteiger partial charge in [0.1, 0.15) is 5.82 Å². The maximum Gasteiger partial charge on any atom is 0.221 e. The van der Waals surface area contributed by atoms with Crippen molar-refractivity contribution in [1.29, 1.82) is 0 Å². The van der Waals surface area contributed by atoms with Crippen LogP contribution in [0.25, 0.3) is 0 Å². The molecule has 4 heteroatoms. The Labute approximate surface area is 83.3 Å². The fraction of sp³-hybridized carbons (Fsp3) is 0.125. The van der Waals surface area contributed by atoms with Crippen LogP contribution in [0, 0.1) is 9.39 Å². The summed E-state index contributed by atoms with van der Waals surface area (Å²) >= 11 is 1.87. The van der Waals surface area contributed by atoms with Gasteiger partial charge in [-0.05, 0) is 40.8 Å². The minimum atomic E-state index is -0.273. The lowest BCUT2D eigenvalue weighted by molar-refractivity contribution is -0.114. The standard InChI is InChI=1S/C8H7FINO/c1-5(12)11-6-2-3-7(9)8(10)4-6/h2-4H,1H3,(H,11,12). The molecule has 0 atom stereocenters. The van der Waals surface area contributed by atoms with E-state index in [9.17, 15) is 9.18 Å². The summed E-state index contributed by atoms with van der Waals surface area (Å²) < 4.78 is 13.2. The van der Waals surface area contributed by atoms with Crippen LogP contribution in [0.4, 0.5) is 10.1 Å². The van der Waals surface area contributed by atoms with Crippen molar-refractivity contribution in [3.05, 3.63) is 27.6 Å². The van der Waals surface area contributed by atoms with E-state index in [1.807, 2.05) is 22.6 Å². The Kier molecular flexibility index (Phi) is 3.02. The average Bonchev–Trinajstić information content (AvgIpc) is 1.96. The molecule has 0 aliphatic heterocycles. The van der Waals surface area contributed by atoms with Crippen molar-refractivity contribution in [3.63, 3.8) is 0 Å². The number of benzene rings is 1. The van der Waals surface area contributed by atoms with E-state index in [-0.39, 0.29) is 11.7 Å². The zero-order valence-electron chi connectivity index (χ0n) is 6.40. The Hall–Kier alpha value is -0.650. The molecule has 0 heterocycles. The van der Waals surface area contributed by atoms with Gasteiger partial charge < -0.3 is 5.32 Å². The van der Waals surface area contributed by atoms with Gasteiger partial charge in [0.05, 0.1) is 3.57 Å². The Balaban J connectivity index is 2.89. The summed E-state index contributed by atoms with van der Waals surface area (Å²) in [6.45, 7) is 1.41. The maximum atomic E-state index is 12.7. The number of nitrogens with one attached hydrogen (secondary N) is 1. The molecule has 2 nitrogen and oxygen atoms in total. The van der Waals surface area contributed by atoms with E-state index in [1.54, 1.807) is 6.07 Å². The van der Waals surface area contributed by atoms with Gasteiger partial charge in [0, 0.05) is 12.6 Å². The molecule has 0 aliphatic rings. The maximum absolute atomic E-state index is 12.7. The molecule has 0 fully saturated rings. The van der Waals surface area contributed by atoms with Gasteiger partial charge in [-0.25, -0.2) is 4.39 Å². The molecule has 0 aromatic heterocycles. The third-order valence-corrected chi connectivity index (χ3v) is 2.07. The smallest absolute Gasteiger partial charge is 0.221 e. The van der Waals surface area contributed by atoms with Crippen LogP contribution in [0.5, 0.6) is 0 Å². The minimum absolute atomic E-state index is 0.155. The highest BCUT2D eigenvalue weighted by Gasteiger charge is 2.00. The van der Waals surface area contributed by atoms with Crippen molar-refractivity contribution >= 4 is 34.2 Å². The Morgan fingerprint density at radius 2 is 2.25 bits per heavy atom. The van der Waals surface area contributed by atoms with Crippen molar-refractivity contribution in [2.45, 2.75) is 6.92 Å². The topological polar surface area (TPSA) is 29.1 Å². The van der Waals surface area contributed by atoms with Gasteiger partial charge in [-0.2, -0.15) is 0 Å². The van der Waals surface area contributed by atoms with E-state index in [0.29, 0.717) is 9.26 Å². The van der Waals surface area contributed by atoms with Crippen LogP contribution in [0.15, 0.2) is 18.2 Å². The van der Waals surface area contributed by atoms with Crippen LogP contribution in [0.3, 0.4) is 0 Å². The lowest BCUT2D eigenvalue weighted by Crippen LogP contribution is -2.05. The summed E-state index contributed by atoms with van der Waals surface area (Å²) in [5.41, 5.74) is 0.619. The molecule has 0 bridgehead atoms. The molecule has 64 valence electrons. The van der Waals surface area contributed by atoms with Gasteiger partial charge in [0.25, 0.3) is 0 Å². The van der Waals surface area contributed by atoms with E-state index in [1.165, 1.54) is 19.1 Å². The normalized spacial score (nSPS) is 9.58. The molecule has 1 aromatic carbocycles. The zero-order chi connectivity index (χ0) is 9.14. The quantitative estimate of drug-likeness (QED) is 0.786. The monoisotopic (exact) mass is 279 g/mol. The van der Waals surface area contributed by atoms with E-state index >= 15 is 0 Å². The van der Waals surface area contributed by atoms with Gasteiger partial charge in [0.15, 0.2) is 0 Å². The second-order valence-corrected chi connectivity index (χ2v) is 3.47. The fourth-order valence-electron chi connectivity index (χ4n) is 0.777. The van der Waals surface area contributed by atoms with Gasteiger partial charge in [-0.15, -0.1) is 0 Å². The van der Waals surface area contributed by atoms with Crippen LogP contribution in [0.2, 0.25) is 0 Å². The summed E-state index contributed by atoms with van der Waals surface area (Å²) in [6, 6.07) is 4.43. The van der Waals surface area contributed by atoms with Crippen molar-refractivity contribution < 1.29 is 9.18 Å². The van der Waals surface area contributed by atoms with Gasteiger partial charge in [-0.3, -0.25) is 4.79 Å². The summed E-state index contributed by atoms with van der Waals surface area (Å²) in [6.07, 6.45) is 0. The summed E-state index contributed by atoms with van der Waals surface area (Å²) in [7, 11) is 0. The SMILES string of the molecule is CC(=O)Nc1ccc(F)c(I)c1. The molecule has 1 rings (SSSR count). The third kappa shape index (κ3) is 2.44. The molecule has 0 aliphatic carbocycles. The first-order valence-corrected chi connectivity index (χ1v) is 4.40. The van der Waals surface area contributed by atoms with Crippen molar-refractivity contribution in [3.8, 4) is 0 Å². The number of amides is 1. The molecule has 1 amide bonds. The highest BCUT2D eigenvalue weighted by Crippen LogP contribution is 2.16. The van der Waals surface area contributed by atoms with Crippen molar-refractivity contribution in [2.24, 2.45) is 0 Å². The molecule has 12 heavy (non-hydrogen) atoms. The van der Waals surface area contributed by atoms with Crippen LogP contribution in [0.1, 0.15) is 6.92 Å². The number of hydrogen-bond acceptors (Lipinski definition) is 1.